The van der Waals surface area contributed by atoms with Crippen molar-refractivity contribution < 1.29 is 9.90 Å². The van der Waals surface area contributed by atoms with Crippen LogP contribution in [0.2, 0.25) is 0 Å². The van der Waals surface area contributed by atoms with Crippen LogP contribution in [0.4, 0.5) is 0 Å². The molecule has 0 aromatic carbocycles. The summed E-state index contributed by atoms with van der Waals surface area (Å²) < 4.78 is 0. The molecular formula is C7H15NO2. The molecule has 0 bridgehead atoms. The fraction of sp³-hybridized carbons (Fsp3) is 0.857. The molecule has 0 aliphatic heterocycles. The predicted octanol–water partition coefficient (Wildman–Crippen LogP) is -0.0788. The van der Waals surface area contributed by atoms with E-state index in [-0.39, 0.29) is 18.2 Å². The van der Waals surface area contributed by atoms with Crippen molar-refractivity contribution in [1.29, 1.82) is 0 Å². The molecule has 0 aromatic heterocycles. The third kappa shape index (κ3) is 3.58. The molecule has 2 atom stereocenters. The smallest absolute Gasteiger partial charge is 0.132 e. The highest BCUT2D eigenvalue weighted by atomic mass is 16.3. The largest absolute Gasteiger partial charge is 0.392 e. The third-order valence-electron chi connectivity index (χ3n) is 1.59. The molecule has 0 aliphatic rings. The van der Waals surface area contributed by atoms with Crippen LogP contribution in [0.25, 0.3) is 0 Å². The number of hydrogen-bond acceptors (Lipinski definition) is 3. The topological polar surface area (TPSA) is 63.3 Å². The summed E-state index contributed by atoms with van der Waals surface area (Å²) in [4.78, 5) is 10.6. The number of carbonyl (C=O) groups excluding carboxylic acids is 1. The lowest BCUT2D eigenvalue weighted by Crippen LogP contribution is -2.24. The van der Waals surface area contributed by atoms with Crippen molar-refractivity contribution in [3.63, 3.8) is 0 Å². The number of aliphatic hydroxyl groups is 1. The van der Waals surface area contributed by atoms with Gasteiger partial charge in [-0.05, 0) is 13.3 Å². The van der Waals surface area contributed by atoms with Gasteiger partial charge in [0.15, 0.2) is 0 Å². The zero-order chi connectivity index (χ0) is 8.15. The second-order valence-corrected chi connectivity index (χ2v) is 2.64. The summed E-state index contributed by atoms with van der Waals surface area (Å²) in [5.74, 6) is 0.0334. The number of ketones is 1. The first-order valence-corrected chi connectivity index (χ1v) is 3.46. The van der Waals surface area contributed by atoms with Crippen LogP contribution in [0.3, 0.4) is 0 Å². The van der Waals surface area contributed by atoms with Crippen LogP contribution < -0.4 is 5.73 Å². The van der Waals surface area contributed by atoms with Crippen LogP contribution in [0.15, 0.2) is 0 Å². The molecule has 0 saturated heterocycles. The Hall–Kier alpha value is -0.410. The van der Waals surface area contributed by atoms with Crippen LogP contribution in [-0.4, -0.2) is 23.5 Å². The molecule has 0 rings (SSSR count). The minimum absolute atomic E-state index is 0.0708. The zero-order valence-corrected chi connectivity index (χ0v) is 6.50. The minimum atomic E-state index is -0.529. The first-order chi connectivity index (χ1) is 4.57. The molecule has 3 heteroatoms. The van der Waals surface area contributed by atoms with Gasteiger partial charge in [0.05, 0.1) is 6.10 Å². The summed E-state index contributed by atoms with van der Waals surface area (Å²) in [6, 6.07) is 0. The van der Waals surface area contributed by atoms with E-state index in [1.54, 1.807) is 6.92 Å². The molecule has 0 radical (unpaired) electrons. The third-order valence-corrected chi connectivity index (χ3v) is 1.59. The summed E-state index contributed by atoms with van der Waals surface area (Å²) >= 11 is 0. The Morgan fingerprint density at radius 1 is 1.70 bits per heavy atom. The van der Waals surface area contributed by atoms with E-state index >= 15 is 0 Å². The summed E-state index contributed by atoms with van der Waals surface area (Å²) in [5.41, 5.74) is 5.16. The van der Waals surface area contributed by atoms with Gasteiger partial charge in [0.2, 0.25) is 0 Å². The molecule has 0 spiro atoms. The van der Waals surface area contributed by atoms with Gasteiger partial charge in [-0.15, -0.1) is 0 Å². The maximum atomic E-state index is 10.6. The fourth-order valence-corrected chi connectivity index (χ4v) is 0.670. The first-order valence-electron chi connectivity index (χ1n) is 3.46. The summed E-state index contributed by atoms with van der Waals surface area (Å²) in [5, 5.41) is 9.00. The highest BCUT2D eigenvalue weighted by Gasteiger charge is 2.11. The lowest BCUT2D eigenvalue weighted by Gasteiger charge is -2.11. The van der Waals surface area contributed by atoms with Gasteiger partial charge < -0.3 is 10.8 Å². The van der Waals surface area contributed by atoms with Crippen molar-refractivity contribution in [1.82, 2.24) is 0 Å². The standard InChI is InChI=1S/C7H15NO2/c1-5(6(2)9)3-7(10)4-8/h5,7,10H,3-4,8H2,1-2H3/t5-,7?/m1/s1. The monoisotopic (exact) mass is 145 g/mol. The van der Waals surface area contributed by atoms with Crippen molar-refractivity contribution in [3.8, 4) is 0 Å². The van der Waals surface area contributed by atoms with Crippen molar-refractivity contribution in [2.24, 2.45) is 11.7 Å². The van der Waals surface area contributed by atoms with Crippen LogP contribution in [-0.2, 0) is 4.79 Å². The molecule has 1 unspecified atom stereocenters. The van der Waals surface area contributed by atoms with Crippen LogP contribution in [0.1, 0.15) is 20.3 Å². The molecule has 0 aromatic rings. The molecular weight excluding hydrogens is 130 g/mol. The van der Waals surface area contributed by atoms with Gasteiger partial charge in [0.25, 0.3) is 0 Å². The lowest BCUT2D eigenvalue weighted by atomic mass is 10.0. The number of carbonyl (C=O) groups is 1. The first kappa shape index (κ1) is 9.59. The van der Waals surface area contributed by atoms with E-state index in [2.05, 4.69) is 0 Å². The Labute approximate surface area is 61.2 Å². The van der Waals surface area contributed by atoms with Crippen molar-refractivity contribution in [3.05, 3.63) is 0 Å². The van der Waals surface area contributed by atoms with Crippen molar-refractivity contribution in [2.75, 3.05) is 6.54 Å². The Kier molecular flexibility index (Phi) is 4.23. The zero-order valence-electron chi connectivity index (χ0n) is 6.50. The van der Waals surface area contributed by atoms with E-state index in [4.69, 9.17) is 10.8 Å². The Morgan fingerprint density at radius 2 is 2.20 bits per heavy atom. The van der Waals surface area contributed by atoms with E-state index in [9.17, 15) is 4.79 Å². The van der Waals surface area contributed by atoms with Gasteiger partial charge in [-0.25, -0.2) is 0 Å². The molecule has 0 saturated carbocycles. The van der Waals surface area contributed by atoms with Gasteiger partial charge in [-0.3, -0.25) is 4.79 Å². The van der Waals surface area contributed by atoms with Gasteiger partial charge >= 0.3 is 0 Å². The van der Waals surface area contributed by atoms with Crippen molar-refractivity contribution >= 4 is 5.78 Å². The Morgan fingerprint density at radius 3 is 2.50 bits per heavy atom. The van der Waals surface area contributed by atoms with Gasteiger partial charge in [-0.1, -0.05) is 6.92 Å². The molecule has 10 heavy (non-hydrogen) atoms. The Balaban J connectivity index is 3.56. The second kappa shape index (κ2) is 4.41. The van der Waals surface area contributed by atoms with Crippen molar-refractivity contribution in [2.45, 2.75) is 26.4 Å². The highest BCUT2D eigenvalue weighted by molar-refractivity contribution is 5.77. The van der Waals surface area contributed by atoms with Crippen LogP contribution in [0, 0.1) is 5.92 Å². The normalized spacial score (nSPS) is 16.4. The van der Waals surface area contributed by atoms with Gasteiger partial charge in [-0.2, -0.15) is 0 Å². The SMILES string of the molecule is CC(=O)[C@H](C)CC(O)CN. The molecule has 60 valence electrons. The summed E-state index contributed by atoms with van der Waals surface area (Å²) in [7, 11) is 0. The quantitative estimate of drug-likeness (QED) is 0.581. The summed E-state index contributed by atoms with van der Waals surface area (Å²) in [6.07, 6.45) is -0.0508. The minimum Gasteiger partial charge on any atom is -0.392 e. The van der Waals surface area contributed by atoms with E-state index in [0.717, 1.165) is 0 Å². The van der Waals surface area contributed by atoms with E-state index in [0.29, 0.717) is 6.42 Å². The second-order valence-electron chi connectivity index (χ2n) is 2.64. The van der Waals surface area contributed by atoms with E-state index in [1.807, 2.05) is 0 Å². The maximum absolute atomic E-state index is 10.6. The summed E-state index contributed by atoms with van der Waals surface area (Å²) in [6.45, 7) is 3.55. The average Bonchev–Trinajstić information content (AvgIpc) is 1.87. The fourth-order valence-electron chi connectivity index (χ4n) is 0.670. The number of nitrogens with two attached hydrogens (primary N) is 1. The van der Waals surface area contributed by atoms with Crippen LogP contribution >= 0.6 is 0 Å². The molecule has 3 nitrogen and oxygen atoms in total. The molecule has 3 N–H and O–H groups in total. The number of hydrogen-bond donors (Lipinski definition) is 2. The molecule has 0 heterocycles. The number of Topliss-reactive ketones (excluding diaryl/α,β-unsaturated/α-hetero) is 1. The molecule has 0 amide bonds. The van der Waals surface area contributed by atoms with E-state index in [1.165, 1.54) is 6.92 Å². The average molecular weight is 145 g/mol. The molecule has 0 aliphatic carbocycles. The highest BCUT2D eigenvalue weighted by Crippen LogP contribution is 2.05. The van der Waals surface area contributed by atoms with E-state index < -0.39 is 6.10 Å². The predicted molar refractivity (Wildman–Crippen MR) is 39.5 cm³/mol. The van der Waals surface area contributed by atoms with Gasteiger partial charge in [0.1, 0.15) is 5.78 Å². The number of aliphatic hydroxyl groups excluding tert-OH is 1. The maximum Gasteiger partial charge on any atom is 0.132 e. The Bertz CT molecular complexity index is 114. The lowest BCUT2D eigenvalue weighted by molar-refractivity contribution is -0.121. The van der Waals surface area contributed by atoms with Gasteiger partial charge in [0, 0.05) is 12.5 Å². The number of rotatable bonds is 4. The van der Waals surface area contributed by atoms with Crippen LogP contribution in [0.5, 0.6) is 0 Å². The molecule has 0 fully saturated rings.